The molecule has 1 heterocycles. The van der Waals surface area contributed by atoms with Gasteiger partial charge in [0.2, 0.25) is 5.91 Å². The maximum absolute atomic E-state index is 12.9. The van der Waals surface area contributed by atoms with Crippen molar-refractivity contribution < 1.29 is 4.79 Å². The molecular weight excluding hydrogens is 439 g/mol. The van der Waals surface area contributed by atoms with Crippen LogP contribution in [0.4, 0.5) is 0 Å². The van der Waals surface area contributed by atoms with E-state index in [1.807, 2.05) is 36.5 Å². The summed E-state index contributed by atoms with van der Waals surface area (Å²) in [4.78, 5) is 16.4. The molecule has 1 aromatic heterocycles. The minimum Gasteiger partial charge on any atom is -0.361 e. The molecule has 1 atom stereocenters. The Kier molecular flexibility index (Phi) is 7.19. The lowest BCUT2D eigenvalue weighted by Gasteiger charge is -2.18. The van der Waals surface area contributed by atoms with E-state index in [-0.39, 0.29) is 11.8 Å². The number of aryl methyl sites for hydroxylation is 1. The van der Waals surface area contributed by atoms with E-state index in [4.69, 9.17) is 23.2 Å². The molecule has 0 aliphatic rings. The Morgan fingerprint density at radius 2 is 1.81 bits per heavy atom. The third kappa shape index (κ3) is 5.01. The van der Waals surface area contributed by atoms with E-state index < -0.39 is 0 Å². The van der Waals surface area contributed by atoms with Crippen molar-refractivity contribution in [3.8, 4) is 0 Å². The van der Waals surface area contributed by atoms with Gasteiger partial charge >= 0.3 is 0 Å². The summed E-state index contributed by atoms with van der Waals surface area (Å²) >= 11 is 12.5. The summed E-state index contributed by atoms with van der Waals surface area (Å²) in [5.74, 6) is -0.125. The second kappa shape index (κ2) is 10.2. The number of para-hydroxylation sites is 1. The molecule has 0 fully saturated rings. The van der Waals surface area contributed by atoms with Crippen molar-refractivity contribution in [2.24, 2.45) is 0 Å². The topological polar surface area (TPSA) is 44.9 Å². The quantitative estimate of drug-likeness (QED) is 0.292. The molecule has 0 aliphatic heterocycles. The molecule has 32 heavy (non-hydrogen) atoms. The first-order valence-corrected chi connectivity index (χ1v) is 11.7. The molecule has 0 spiro atoms. The minimum atomic E-state index is -0.137. The first-order valence-electron chi connectivity index (χ1n) is 10.9. The van der Waals surface area contributed by atoms with Gasteiger partial charge in [0.1, 0.15) is 0 Å². The predicted molar refractivity (Wildman–Crippen MR) is 134 cm³/mol. The average molecular weight is 465 g/mol. The summed E-state index contributed by atoms with van der Waals surface area (Å²) in [5.41, 5.74) is 5.65. The van der Waals surface area contributed by atoms with E-state index in [0.29, 0.717) is 23.0 Å². The zero-order valence-corrected chi connectivity index (χ0v) is 19.5. The van der Waals surface area contributed by atoms with Gasteiger partial charge in [0.25, 0.3) is 0 Å². The van der Waals surface area contributed by atoms with E-state index in [1.54, 1.807) is 6.07 Å². The molecule has 0 saturated heterocycles. The summed E-state index contributed by atoms with van der Waals surface area (Å²) in [5, 5.41) is 5.22. The highest BCUT2D eigenvalue weighted by molar-refractivity contribution is 6.42. The van der Waals surface area contributed by atoms with Crippen LogP contribution < -0.4 is 5.32 Å². The molecule has 164 valence electrons. The van der Waals surface area contributed by atoms with Gasteiger partial charge in [-0.05, 0) is 47.2 Å². The van der Waals surface area contributed by atoms with Crippen molar-refractivity contribution in [1.82, 2.24) is 10.3 Å². The number of carbonyl (C=O) groups excluding carboxylic acids is 1. The van der Waals surface area contributed by atoms with Gasteiger partial charge in [-0.2, -0.15) is 0 Å². The van der Waals surface area contributed by atoms with Gasteiger partial charge in [0.05, 0.1) is 10.0 Å². The first-order chi connectivity index (χ1) is 15.6. The fraction of sp³-hybridized carbons (Fsp3) is 0.222. The molecule has 5 heteroatoms. The van der Waals surface area contributed by atoms with Crippen molar-refractivity contribution in [2.45, 2.75) is 32.1 Å². The highest BCUT2D eigenvalue weighted by atomic mass is 35.5. The monoisotopic (exact) mass is 464 g/mol. The van der Waals surface area contributed by atoms with Gasteiger partial charge in [-0.1, -0.05) is 84.7 Å². The van der Waals surface area contributed by atoms with Crippen LogP contribution in [-0.4, -0.2) is 17.4 Å². The summed E-state index contributed by atoms with van der Waals surface area (Å²) in [6, 6.07) is 22.1. The summed E-state index contributed by atoms with van der Waals surface area (Å²) in [7, 11) is 0. The zero-order chi connectivity index (χ0) is 22.5. The molecule has 0 radical (unpaired) electrons. The van der Waals surface area contributed by atoms with Crippen LogP contribution >= 0.6 is 23.2 Å². The number of benzene rings is 3. The standard InChI is InChI=1S/C27H26Cl2N2O/c1-2-19-9-6-10-21-23(17-31-27(19)21)22(20-11-12-24(28)25(29)15-20)16-26(32)30-14-13-18-7-4-3-5-8-18/h3-12,15,17,22,31H,2,13-14,16H2,1H3,(H,30,32). The number of nitrogens with one attached hydrogen (secondary N) is 2. The molecule has 3 nitrogen and oxygen atoms in total. The molecule has 0 saturated carbocycles. The second-order valence-electron chi connectivity index (χ2n) is 7.95. The SMILES string of the molecule is CCc1cccc2c(C(CC(=O)NCCc3ccccc3)c3ccc(Cl)c(Cl)c3)c[nH]c12. The Balaban J connectivity index is 1.60. The molecule has 0 bridgehead atoms. The van der Waals surface area contributed by atoms with E-state index in [1.165, 1.54) is 11.1 Å². The number of hydrogen-bond acceptors (Lipinski definition) is 1. The Hall–Kier alpha value is -2.75. The fourth-order valence-electron chi connectivity index (χ4n) is 4.21. The Labute approximate surface area is 198 Å². The van der Waals surface area contributed by atoms with Crippen LogP contribution in [0.15, 0.2) is 72.9 Å². The molecule has 1 amide bonds. The number of aromatic amines is 1. The van der Waals surface area contributed by atoms with Gasteiger partial charge in [-0.25, -0.2) is 0 Å². The molecule has 4 aromatic rings. The van der Waals surface area contributed by atoms with Crippen molar-refractivity contribution >= 4 is 40.0 Å². The fourth-order valence-corrected chi connectivity index (χ4v) is 4.51. The molecule has 3 aromatic carbocycles. The molecular formula is C27H26Cl2N2O. The van der Waals surface area contributed by atoms with Crippen LogP contribution in [0, 0.1) is 0 Å². The average Bonchev–Trinajstić information content (AvgIpc) is 3.24. The normalized spacial score (nSPS) is 12.1. The predicted octanol–water partition coefficient (Wildman–Crippen LogP) is 6.92. The molecule has 2 N–H and O–H groups in total. The number of halogens is 2. The van der Waals surface area contributed by atoms with Crippen LogP contribution in [0.25, 0.3) is 10.9 Å². The number of H-pyrrole nitrogens is 1. The van der Waals surface area contributed by atoms with Crippen LogP contribution in [-0.2, 0) is 17.6 Å². The van der Waals surface area contributed by atoms with E-state index in [2.05, 4.69) is 47.6 Å². The smallest absolute Gasteiger partial charge is 0.220 e. The van der Waals surface area contributed by atoms with E-state index in [9.17, 15) is 4.79 Å². The lowest BCUT2D eigenvalue weighted by molar-refractivity contribution is -0.121. The lowest BCUT2D eigenvalue weighted by Crippen LogP contribution is -2.27. The van der Waals surface area contributed by atoms with Crippen LogP contribution in [0.1, 0.15) is 41.5 Å². The van der Waals surface area contributed by atoms with E-state index in [0.717, 1.165) is 34.9 Å². The number of aromatic nitrogens is 1. The zero-order valence-electron chi connectivity index (χ0n) is 18.0. The minimum absolute atomic E-state index is 0.0120. The number of rotatable bonds is 8. The van der Waals surface area contributed by atoms with Gasteiger partial charge in [0, 0.05) is 36.0 Å². The number of carbonyl (C=O) groups is 1. The lowest BCUT2D eigenvalue weighted by atomic mass is 9.87. The summed E-state index contributed by atoms with van der Waals surface area (Å²) in [6.07, 6.45) is 4.09. The summed E-state index contributed by atoms with van der Waals surface area (Å²) in [6.45, 7) is 2.75. The molecule has 1 unspecified atom stereocenters. The van der Waals surface area contributed by atoms with Crippen molar-refractivity contribution in [3.63, 3.8) is 0 Å². The van der Waals surface area contributed by atoms with Gasteiger partial charge < -0.3 is 10.3 Å². The van der Waals surface area contributed by atoms with Crippen LogP contribution in [0.3, 0.4) is 0 Å². The van der Waals surface area contributed by atoms with Gasteiger partial charge in [-0.3, -0.25) is 4.79 Å². The Morgan fingerprint density at radius 3 is 2.56 bits per heavy atom. The number of hydrogen-bond donors (Lipinski definition) is 2. The summed E-state index contributed by atoms with van der Waals surface area (Å²) < 4.78 is 0. The highest BCUT2D eigenvalue weighted by Crippen LogP contribution is 2.36. The van der Waals surface area contributed by atoms with Gasteiger partial charge in [0.15, 0.2) is 0 Å². The maximum Gasteiger partial charge on any atom is 0.220 e. The van der Waals surface area contributed by atoms with Gasteiger partial charge in [-0.15, -0.1) is 0 Å². The Morgan fingerprint density at radius 1 is 1.00 bits per heavy atom. The maximum atomic E-state index is 12.9. The van der Waals surface area contributed by atoms with E-state index >= 15 is 0 Å². The first kappa shape index (κ1) is 22.4. The molecule has 0 aliphatic carbocycles. The van der Waals surface area contributed by atoms with Crippen molar-refractivity contribution in [1.29, 1.82) is 0 Å². The van der Waals surface area contributed by atoms with Crippen molar-refractivity contribution in [2.75, 3.05) is 6.54 Å². The number of fused-ring (bicyclic) bond motifs is 1. The second-order valence-corrected chi connectivity index (χ2v) is 8.77. The third-order valence-corrected chi connectivity index (χ3v) is 6.64. The highest BCUT2D eigenvalue weighted by Gasteiger charge is 2.22. The number of amides is 1. The van der Waals surface area contributed by atoms with Crippen molar-refractivity contribution in [3.05, 3.63) is 105 Å². The largest absolute Gasteiger partial charge is 0.361 e. The third-order valence-electron chi connectivity index (χ3n) is 5.90. The molecule has 4 rings (SSSR count). The Bertz CT molecular complexity index is 1220. The van der Waals surface area contributed by atoms with Crippen LogP contribution in [0.2, 0.25) is 10.0 Å². The van der Waals surface area contributed by atoms with Crippen LogP contribution in [0.5, 0.6) is 0 Å².